The van der Waals surface area contributed by atoms with Gasteiger partial charge < -0.3 is 10.2 Å². The Bertz CT molecular complexity index is 260. The third-order valence-electron chi connectivity index (χ3n) is 1.39. The molecule has 0 spiro atoms. The van der Waals surface area contributed by atoms with E-state index in [1.165, 1.54) is 13.0 Å². The first-order chi connectivity index (χ1) is 5.45. The predicted molar refractivity (Wildman–Crippen MR) is 42.8 cm³/mol. The molecule has 0 aromatic heterocycles. The van der Waals surface area contributed by atoms with E-state index in [0.717, 1.165) is 6.08 Å². The van der Waals surface area contributed by atoms with Crippen molar-refractivity contribution in [1.82, 2.24) is 0 Å². The second-order valence-electron chi connectivity index (χ2n) is 2.28. The largest absolute Gasteiger partial charge is 0.478 e. The average molecular weight is 170 g/mol. The van der Waals surface area contributed by atoms with E-state index in [-0.39, 0.29) is 5.57 Å². The van der Waals surface area contributed by atoms with Crippen LogP contribution in [0.1, 0.15) is 13.8 Å². The van der Waals surface area contributed by atoms with E-state index in [9.17, 15) is 9.59 Å². The van der Waals surface area contributed by atoms with E-state index >= 15 is 0 Å². The van der Waals surface area contributed by atoms with Crippen molar-refractivity contribution in [2.45, 2.75) is 13.8 Å². The van der Waals surface area contributed by atoms with Gasteiger partial charge in [0, 0.05) is 11.6 Å². The number of hydrogen-bond donors (Lipinski definition) is 2. The molecule has 0 aliphatic heterocycles. The summed E-state index contributed by atoms with van der Waals surface area (Å²) in [6, 6.07) is 0. The maximum Gasteiger partial charge on any atom is 0.331 e. The monoisotopic (exact) mass is 170 g/mol. The van der Waals surface area contributed by atoms with E-state index in [0.29, 0.717) is 5.57 Å². The normalized spacial score (nSPS) is 12.8. The summed E-state index contributed by atoms with van der Waals surface area (Å²) < 4.78 is 0. The lowest BCUT2D eigenvalue weighted by Crippen LogP contribution is -1.98. The molecule has 0 rings (SSSR count). The fraction of sp³-hybridized carbons (Fsp3) is 0.250. The van der Waals surface area contributed by atoms with Crippen molar-refractivity contribution < 1.29 is 19.8 Å². The molecule has 0 radical (unpaired) electrons. The van der Waals surface area contributed by atoms with Crippen molar-refractivity contribution in [1.29, 1.82) is 0 Å². The van der Waals surface area contributed by atoms with Crippen LogP contribution >= 0.6 is 0 Å². The molecule has 2 N–H and O–H groups in total. The fourth-order valence-electron chi connectivity index (χ4n) is 0.490. The molecule has 0 amide bonds. The van der Waals surface area contributed by atoms with E-state index in [4.69, 9.17) is 10.2 Å². The molecule has 0 aromatic carbocycles. The second-order valence-corrected chi connectivity index (χ2v) is 2.28. The van der Waals surface area contributed by atoms with Crippen molar-refractivity contribution in [2.75, 3.05) is 0 Å². The van der Waals surface area contributed by atoms with Crippen LogP contribution in [0.15, 0.2) is 23.3 Å². The van der Waals surface area contributed by atoms with Crippen molar-refractivity contribution in [3.63, 3.8) is 0 Å². The van der Waals surface area contributed by atoms with Gasteiger partial charge >= 0.3 is 11.9 Å². The molecular formula is C8H10O4. The molecule has 12 heavy (non-hydrogen) atoms. The predicted octanol–water partition coefficient (Wildman–Crippen LogP) is 1.05. The molecule has 4 heteroatoms. The minimum Gasteiger partial charge on any atom is -0.478 e. The Morgan fingerprint density at radius 1 is 1.08 bits per heavy atom. The fourth-order valence-corrected chi connectivity index (χ4v) is 0.490. The Hall–Kier alpha value is -1.58. The number of rotatable bonds is 3. The van der Waals surface area contributed by atoms with Crippen LogP contribution in [-0.4, -0.2) is 22.2 Å². The van der Waals surface area contributed by atoms with E-state index < -0.39 is 11.9 Å². The van der Waals surface area contributed by atoms with E-state index in [1.54, 1.807) is 6.92 Å². The third kappa shape index (κ3) is 3.55. The molecule has 0 fully saturated rings. The second kappa shape index (κ2) is 4.33. The lowest BCUT2D eigenvalue weighted by Gasteiger charge is -1.95. The van der Waals surface area contributed by atoms with E-state index in [2.05, 4.69) is 0 Å². The molecule has 0 saturated heterocycles. The zero-order chi connectivity index (χ0) is 9.72. The molecular weight excluding hydrogens is 160 g/mol. The third-order valence-corrected chi connectivity index (χ3v) is 1.39. The zero-order valence-electron chi connectivity index (χ0n) is 6.87. The maximum atomic E-state index is 10.3. The highest BCUT2D eigenvalue weighted by atomic mass is 16.4. The minimum atomic E-state index is -1.09. The Morgan fingerprint density at radius 2 is 1.58 bits per heavy atom. The van der Waals surface area contributed by atoms with Gasteiger partial charge in [0.1, 0.15) is 0 Å². The molecule has 0 heterocycles. The molecule has 0 bridgehead atoms. The topological polar surface area (TPSA) is 74.6 Å². The molecule has 4 nitrogen and oxygen atoms in total. The highest BCUT2D eigenvalue weighted by Crippen LogP contribution is 2.04. The number of allylic oxidation sites excluding steroid dienone is 2. The summed E-state index contributed by atoms with van der Waals surface area (Å²) in [4.78, 5) is 20.4. The van der Waals surface area contributed by atoms with Gasteiger partial charge in [0.15, 0.2) is 0 Å². The van der Waals surface area contributed by atoms with Crippen molar-refractivity contribution in [3.8, 4) is 0 Å². The molecule has 66 valence electrons. The first-order valence-corrected chi connectivity index (χ1v) is 3.27. The van der Waals surface area contributed by atoms with Gasteiger partial charge in [0.25, 0.3) is 0 Å². The quantitative estimate of drug-likeness (QED) is 0.490. The first-order valence-electron chi connectivity index (χ1n) is 3.27. The molecule has 0 aliphatic carbocycles. The van der Waals surface area contributed by atoms with Crippen LogP contribution in [0, 0.1) is 0 Å². The van der Waals surface area contributed by atoms with Crippen molar-refractivity contribution in [3.05, 3.63) is 23.3 Å². The minimum absolute atomic E-state index is 0.146. The van der Waals surface area contributed by atoms with Crippen LogP contribution in [-0.2, 0) is 9.59 Å². The van der Waals surface area contributed by atoms with Gasteiger partial charge in [0.05, 0.1) is 0 Å². The molecule has 0 unspecified atom stereocenters. The molecule has 0 aliphatic rings. The van der Waals surface area contributed by atoms with Crippen LogP contribution in [0.3, 0.4) is 0 Å². The molecule has 0 aromatic rings. The number of hydrogen-bond acceptors (Lipinski definition) is 2. The molecule has 0 atom stereocenters. The average Bonchev–Trinajstić information content (AvgIpc) is 1.98. The van der Waals surface area contributed by atoms with Crippen LogP contribution in [0.2, 0.25) is 0 Å². The summed E-state index contributed by atoms with van der Waals surface area (Å²) in [6.45, 7) is 2.97. The van der Waals surface area contributed by atoms with Crippen LogP contribution in [0.5, 0.6) is 0 Å². The van der Waals surface area contributed by atoms with Crippen LogP contribution in [0.25, 0.3) is 0 Å². The van der Waals surface area contributed by atoms with Gasteiger partial charge in [-0.25, -0.2) is 9.59 Å². The summed E-state index contributed by atoms with van der Waals surface area (Å²) in [5, 5.41) is 16.7. The molecule has 0 saturated carbocycles. The van der Waals surface area contributed by atoms with Gasteiger partial charge in [-0.1, -0.05) is 6.08 Å². The summed E-state index contributed by atoms with van der Waals surface area (Å²) in [7, 11) is 0. The number of carbonyl (C=O) groups is 2. The van der Waals surface area contributed by atoms with E-state index in [1.807, 2.05) is 0 Å². The number of carboxylic acid groups (broad SMARTS) is 2. The Labute approximate surface area is 69.8 Å². The van der Waals surface area contributed by atoms with Crippen molar-refractivity contribution in [2.24, 2.45) is 0 Å². The van der Waals surface area contributed by atoms with Gasteiger partial charge in [-0.05, 0) is 19.4 Å². The summed E-state index contributed by atoms with van der Waals surface area (Å²) >= 11 is 0. The Balaban J connectivity index is 4.58. The van der Waals surface area contributed by atoms with Gasteiger partial charge in [-0.3, -0.25) is 0 Å². The summed E-state index contributed by atoms with van der Waals surface area (Å²) in [5.74, 6) is -2.13. The Kier molecular flexibility index (Phi) is 3.76. The van der Waals surface area contributed by atoms with Crippen molar-refractivity contribution >= 4 is 11.9 Å². The zero-order valence-corrected chi connectivity index (χ0v) is 6.87. The van der Waals surface area contributed by atoms with Crippen LogP contribution in [0.4, 0.5) is 0 Å². The smallest absolute Gasteiger partial charge is 0.331 e. The standard InChI is InChI=1S/C8H10O4/c1-5(3-4-7(9)10)6(2)8(11)12/h3-4H,1-2H3,(H,9,10)(H,11,12)/b4-3+,6-5+. The lowest BCUT2D eigenvalue weighted by molar-refractivity contribution is -0.133. The first kappa shape index (κ1) is 10.4. The Morgan fingerprint density at radius 3 is 1.92 bits per heavy atom. The lowest BCUT2D eigenvalue weighted by atomic mass is 10.1. The van der Waals surface area contributed by atoms with Gasteiger partial charge in [0.2, 0.25) is 0 Å². The SMILES string of the molecule is CC(/C=C/C(=O)O)=C(/C)C(=O)O. The highest BCUT2D eigenvalue weighted by Gasteiger charge is 2.02. The van der Waals surface area contributed by atoms with Crippen LogP contribution < -0.4 is 0 Å². The highest BCUT2D eigenvalue weighted by molar-refractivity contribution is 5.88. The van der Waals surface area contributed by atoms with Gasteiger partial charge in [-0.15, -0.1) is 0 Å². The summed E-state index contributed by atoms with van der Waals surface area (Å²) in [6.07, 6.45) is 2.16. The van der Waals surface area contributed by atoms with Gasteiger partial charge in [-0.2, -0.15) is 0 Å². The maximum absolute atomic E-state index is 10.3. The number of carboxylic acids is 2. The summed E-state index contributed by atoms with van der Waals surface area (Å²) in [5.41, 5.74) is 0.581. The number of aliphatic carboxylic acids is 2.